The van der Waals surface area contributed by atoms with Crippen molar-refractivity contribution in [3.05, 3.63) is 222 Å². The predicted molar refractivity (Wildman–Crippen MR) is 227 cm³/mol. The van der Waals surface area contributed by atoms with Crippen LogP contribution in [0.2, 0.25) is 0 Å². The Kier molecular flexibility index (Phi) is 7.53. The number of fused-ring (bicyclic) bond motifs is 8. The third kappa shape index (κ3) is 5.05. The van der Waals surface area contributed by atoms with E-state index < -0.39 is 5.41 Å². The highest BCUT2D eigenvalue weighted by atomic mass is 16.5. The van der Waals surface area contributed by atoms with Crippen LogP contribution in [-0.4, -0.2) is 9.97 Å². The van der Waals surface area contributed by atoms with E-state index >= 15 is 0 Å². The van der Waals surface area contributed by atoms with E-state index in [-0.39, 0.29) is 0 Å². The number of aromatic nitrogens is 2. The largest absolute Gasteiger partial charge is 0.456 e. The van der Waals surface area contributed by atoms with Crippen LogP contribution in [0, 0.1) is 0 Å². The Morgan fingerprint density at radius 2 is 1.00 bits per heavy atom. The molecule has 0 saturated carbocycles. The highest BCUT2D eigenvalue weighted by Gasteiger charge is 2.52. The van der Waals surface area contributed by atoms with Gasteiger partial charge in [0.2, 0.25) is 0 Å². The van der Waals surface area contributed by atoms with Gasteiger partial charge in [0.25, 0.3) is 0 Å². The van der Waals surface area contributed by atoms with E-state index in [1.54, 1.807) is 0 Å². The molecule has 1 unspecified atom stereocenters. The third-order valence-electron chi connectivity index (χ3n) is 11.6. The second kappa shape index (κ2) is 13.0. The van der Waals surface area contributed by atoms with Crippen molar-refractivity contribution in [1.29, 1.82) is 0 Å². The number of hydrogen-bond acceptors (Lipinski definition) is 3. The smallest absolute Gasteiger partial charge is 0.160 e. The van der Waals surface area contributed by atoms with Gasteiger partial charge in [0.05, 0.1) is 16.8 Å². The quantitative estimate of drug-likeness (QED) is 0.178. The lowest BCUT2D eigenvalue weighted by atomic mass is 9.64. The van der Waals surface area contributed by atoms with Crippen LogP contribution in [0.3, 0.4) is 0 Å². The van der Waals surface area contributed by atoms with Crippen molar-refractivity contribution in [2.75, 3.05) is 0 Å². The SMILES string of the molecule is C1=CC2=C(CC1)c1ccccc1C21c2ccccc2Oc2c(-c3cccc(-c4cccc(-c5nc(-c6ccccc6)cc(-c6ccccc6)n5)c4)c3)cccc21. The monoisotopic (exact) mass is 716 g/mol. The molecule has 1 atom stereocenters. The summed E-state index contributed by atoms with van der Waals surface area (Å²) in [5, 5.41) is 0. The standard InChI is InChI=1S/C53H36N2O/c1-3-16-35(17-4-1)48-34-49(36-18-5-2-6-19-36)55-52(54-48)40-23-14-21-38(33-40)37-20-13-22-39(32-37)41-26-15-30-47-51(41)56-50-31-12-11-29-46(50)53(47)44-27-9-7-24-42(44)43-25-8-10-28-45(43)53/h1-7,9-24,26-34H,8,25H2. The number of nitrogens with zero attached hydrogens (tertiary/aromatic N) is 2. The summed E-state index contributed by atoms with van der Waals surface area (Å²) in [5.41, 5.74) is 16.7. The molecular formula is C53H36N2O. The van der Waals surface area contributed by atoms with E-state index in [0.29, 0.717) is 5.82 Å². The minimum Gasteiger partial charge on any atom is -0.456 e. The van der Waals surface area contributed by atoms with Crippen LogP contribution < -0.4 is 4.74 Å². The first-order valence-electron chi connectivity index (χ1n) is 19.4. The first-order valence-corrected chi connectivity index (χ1v) is 19.4. The average Bonchev–Trinajstić information content (AvgIpc) is 3.57. The van der Waals surface area contributed by atoms with E-state index in [9.17, 15) is 0 Å². The minimum atomic E-state index is -0.456. The van der Waals surface area contributed by atoms with E-state index in [2.05, 4.69) is 182 Å². The fourth-order valence-electron chi connectivity index (χ4n) is 9.18. The fraction of sp³-hybridized carbons (Fsp3) is 0.0566. The molecule has 0 saturated heterocycles. The molecule has 264 valence electrons. The normalized spacial score (nSPS) is 16.1. The molecule has 3 heteroatoms. The average molecular weight is 717 g/mol. The van der Waals surface area contributed by atoms with E-state index in [1.165, 1.54) is 33.4 Å². The van der Waals surface area contributed by atoms with E-state index in [0.717, 1.165) is 74.7 Å². The van der Waals surface area contributed by atoms with Crippen molar-refractivity contribution < 1.29 is 4.74 Å². The Morgan fingerprint density at radius 1 is 0.446 bits per heavy atom. The molecule has 1 aliphatic heterocycles. The second-order valence-electron chi connectivity index (χ2n) is 14.8. The number of rotatable bonds is 5. The molecule has 1 aromatic heterocycles. The Morgan fingerprint density at radius 3 is 1.75 bits per heavy atom. The number of para-hydroxylation sites is 2. The Balaban J connectivity index is 1.04. The highest BCUT2D eigenvalue weighted by Crippen LogP contribution is 2.63. The summed E-state index contributed by atoms with van der Waals surface area (Å²) >= 11 is 0. The summed E-state index contributed by atoms with van der Waals surface area (Å²) < 4.78 is 7.00. The minimum absolute atomic E-state index is 0.456. The maximum Gasteiger partial charge on any atom is 0.160 e. The molecule has 2 heterocycles. The van der Waals surface area contributed by atoms with Crippen LogP contribution in [0.15, 0.2) is 200 Å². The first kappa shape index (κ1) is 32.3. The topological polar surface area (TPSA) is 35.0 Å². The molecule has 2 aliphatic carbocycles. The van der Waals surface area contributed by atoms with Gasteiger partial charge in [-0.25, -0.2) is 9.97 Å². The lowest BCUT2D eigenvalue weighted by Gasteiger charge is -2.41. The summed E-state index contributed by atoms with van der Waals surface area (Å²) in [5.74, 6) is 2.52. The third-order valence-corrected chi connectivity index (χ3v) is 11.6. The number of benzene rings is 7. The van der Waals surface area contributed by atoms with Crippen molar-refractivity contribution in [2.45, 2.75) is 18.3 Å². The van der Waals surface area contributed by atoms with Gasteiger partial charge in [-0.3, -0.25) is 0 Å². The van der Waals surface area contributed by atoms with Crippen LogP contribution in [-0.2, 0) is 5.41 Å². The van der Waals surface area contributed by atoms with Gasteiger partial charge in [0.15, 0.2) is 5.82 Å². The maximum atomic E-state index is 7.00. The van der Waals surface area contributed by atoms with Crippen molar-refractivity contribution in [1.82, 2.24) is 9.97 Å². The summed E-state index contributed by atoms with van der Waals surface area (Å²) in [7, 11) is 0. The predicted octanol–water partition coefficient (Wildman–Crippen LogP) is 13.4. The molecule has 0 amide bonds. The van der Waals surface area contributed by atoms with Crippen LogP contribution in [0.5, 0.6) is 11.5 Å². The summed E-state index contributed by atoms with van der Waals surface area (Å²) in [6, 6.07) is 64.5. The van der Waals surface area contributed by atoms with Crippen LogP contribution in [0.25, 0.3) is 61.7 Å². The van der Waals surface area contributed by atoms with Gasteiger partial charge in [-0.1, -0.05) is 170 Å². The zero-order valence-corrected chi connectivity index (χ0v) is 30.7. The molecule has 3 nitrogen and oxygen atoms in total. The lowest BCUT2D eigenvalue weighted by Crippen LogP contribution is -2.33. The Hall–Kier alpha value is -7.10. The van der Waals surface area contributed by atoms with Crippen molar-refractivity contribution in [3.8, 4) is 67.7 Å². The van der Waals surface area contributed by atoms with Gasteiger partial charge < -0.3 is 4.74 Å². The Labute approximate surface area is 327 Å². The van der Waals surface area contributed by atoms with E-state index in [4.69, 9.17) is 14.7 Å². The molecular weight excluding hydrogens is 681 g/mol. The molecule has 56 heavy (non-hydrogen) atoms. The number of ether oxygens (including phenoxy) is 1. The zero-order chi connectivity index (χ0) is 37.1. The molecule has 0 fully saturated rings. The van der Waals surface area contributed by atoms with E-state index in [1.807, 2.05) is 12.1 Å². The van der Waals surface area contributed by atoms with Gasteiger partial charge in [-0.15, -0.1) is 0 Å². The molecule has 0 radical (unpaired) electrons. The summed E-state index contributed by atoms with van der Waals surface area (Å²) in [6.45, 7) is 0. The van der Waals surface area contributed by atoms with Gasteiger partial charge in [0.1, 0.15) is 11.5 Å². The van der Waals surface area contributed by atoms with Crippen LogP contribution in [0.1, 0.15) is 35.1 Å². The van der Waals surface area contributed by atoms with Crippen molar-refractivity contribution in [3.63, 3.8) is 0 Å². The number of hydrogen-bond donors (Lipinski definition) is 0. The molecule has 1 spiro atoms. The van der Waals surface area contributed by atoms with Gasteiger partial charge >= 0.3 is 0 Å². The van der Waals surface area contributed by atoms with Crippen LogP contribution >= 0.6 is 0 Å². The Bertz CT molecular complexity index is 2830. The molecule has 8 aromatic rings. The fourth-order valence-corrected chi connectivity index (χ4v) is 9.18. The molecule has 7 aromatic carbocycles. The highest BCUT2D eigenvalue weighted by molar-refractivity contribution is 5.92. The number of allylic oxidation sites excluding steroid dienone is 4. The lowest BCUT2D eigenvalue weighted by molar-refractivity contribution is 0.437. The summed E-state index contributed by atoms with van der Waals surface area (Å²) in [6.07, 6.45) is 6.82. The van der Waals surface area contributed by atoms with Crippen molar-refractivity contribution in [2.24, 2.45) is 0 Å². The van der Waals surface area contributed by atoms with Gasteiger partial charge in [-0.2, -0.15) is 0 Å². The maximum absolute atomic E-state index is 7.00. The summed E-state index contributed by atoms with van der Waals surface area (Å²) in [4.78, 5) is 10.2. The van der Waals surface area contributed by atoms with Gasteiger partial charge in [-0.05, 0) is 76.1 Å². The van der Waals surface area contributed by atoms with Crippen LogP contribution in [0.4, 0.5) is 0 Å². The zero-order valence-electron chi connectivity index (χ0n) is 30.7. The molecule has 3 aliphatic rings. The van der Waals surface area contributed by atoms with Crippen molar-refractivity contribution >= 4 is 5.57 Å². The first-order chi connectivity index (χ1) is 27.8. The molecule has 0 bridgehead atoms. The molecule has 0 N–H and O–H groups in total. The second-order valence-corrected chi connectivity index (χ2v) is 14.8. The molecule has 11 rings (SSSR count). The van der Waals surface area contributed by atoms with Gasteiger partial charge in [0, 0.05) is 33.4 Å².